The van der Waals surface area contributed by atoms with Crippen molar-refractivity contribution in [3.63, 3.8) is 0 Å². The molecule has 1 aromatic carbocycles. The van der Waals surface area contributed by atoms with Crippen LogP contribution in [-0.2, 0) is 9.53 Å². The molecule has 18 heavy (non-hydrogen) atoms. The number of benzene rings is 1. The monoisotopic (exact) mass is 288 g/mol. The van der Waals surface area contributed by atoms with Gasteiger partial charge in [-0.25, -0.2) is 4.79 Å². The molecule has 1 aliphatic rings. The van der Waals surface area contributed by atoms with E-state index < -0.39 is 12.1 Å². The van der Waals surface area contributed by atoms with Gasteiger partial charge in [0.1, 0.15) is 5.03 Å². The maximum Gasteiger partial charge on any atom is 0.352 e. The minimum absolute atomic E-state index is 0.0866. The Hall–Kier alpha value is -1.39. The molecule has 1 aliphatic heterocycles. The topological polar surface area (TPSA) is 44.8 Å². The molecule has 1 unspecified atom stereocenters. The number of halogens is 2. The zero-order valence-corrected chi connectivity index (χ0v) is 11.2. The first-order chi connectivity index (χ1) is 8.58. The summed E-state index contributed by atoms with van der Waals surface area (Å²) in [6.07, 6.45) is -0.688. The van der Waals surface area contributed by atoms with Crippen LogP contribution in [0.15, 0.2) is 28.3 Å². The number of cyclic esters (lactones) is 1. The van der Waals surface area contributed by atoms with Gasteiger partial charge in [-0.2, -0.15) is 0 Å². The summed E-state index contributed by atoms with van der Waals surface area (Å²) in [5.41, 5.74) is 0.668. The van der Waals surface area contributed by atoms with E-state index in [1.54, 1.807) is 18.2 Å². The first-order valence-corrected chi connectivity index (χ1v) is 5.82. The smallest absolute Gasteiger partial charge is 0.352 e. The van der Waals surface area contributed by atoms with Crippen molar-refractivity contribution in [3.8, 4) is 11.5 Å². The molecule has 0 fully saturated rings. The summed E-state index contributed by atoms with van der Waals surface area (Å²) in [5, 5.41) is 0.0883. The van der Waals surface area contributed by atoms with Gasteiger partial charge in [0.05, 0.1) is 19.3 Å². The lowest BCUT2D eigenvalue weighted by Gasteiger charge is -2.13. The van der Waals surface area contributed by atoms with Crippen molar-refractivity contribution in [1.82, 2.24) is 0 Å². The largest absolute Gasteiger partial charge is 0.493 e. The summed E-state index contributed by atoms with van der Waals surface area (Å²) in [5.74, 6) is 0.483. The van der Waals surface area contributed by atoms with Crippen molar-refractivity contribution in [2.75, 3.05) is 14.2 Å². The number of ether oxygens (including phenoxy) is 3. The average Bonchev–Trinajstić information content (AvgIpc) is 2.65. The van der Waals surface area contributed by atoms with E-state index in [9.17, 15) is 4.79 Å². The second-order valence-corrected chi connectivity index (χ2v) is 4.35. The Morgan fingerprint density at radius 2 is 1.83 bits per heavy atom. The lowest BCUT2D eigenvalue weighted by molar-refractivity contribution is -0.139. The Morgan fingerprint density at radius 3 is 2.33 bits per heavy atom. The first-order valence-electron chi connectivity index (χ1n) is 5.06. The SMILES string of the molecule is COc1ccc(C2OC(=O)C(Cl)=C2Cl)cc1OC. The van der Waals surface area contributed by atoms with Crippen LogP contribution >= 0.6 is 23.2 Å². The van der Waals surface area contributed by atoms with Gasteiger partial charge in [0.2, 0.25) is 0 Å². The van der Waals surface area contributed by atoms with E-state index in [-0.39, 0.29) is 10.1 Å². The molecular weight excluding hydrogens is 279 g/mol. The minimum atomic E-state index is -0.688. The maximum atomic E-state index is 11.3. The standard InChI is InChI=1S/C12H10Cl2O4/c1-16-7-4-3-6(5-8(7)17-2)11-9(13)10(14)12(15)18-11/h3-5,11H,1-2H3. The Balaban J connectivity index is 2.39. The molecule has 0 spiro atoms. The van der Waals surface area contributed by atoms with Crippen molar-refractivity contribution in [1.29, 1.82) is 0 Å². The Bertz CT molecular complexity index is 525. The Morgan fingerprint density at radius 1 is 1.17 bits per heavy atom. The van der Waals surface area contributed by atoms with Crippen LogP contribution in [0.2, 0.25) is 0 Å². The molecule has 0 aliphatic carbocycles. The second-order valence-electron chi connectivity index (χ2n) is 3.56. The van der Waals surface area contributed by atoms with Gasteiger partial charge in [0.15, 0.2) is 17.6 Å². The molecule has 4 nitrogen and oxygen atoms in total. The molecule has 1 atom stereocenters. The number of carbonyl (C=O) groups excluding carboxylic acids is 1. The predicted octanol–water partition coefficient (Wildman–Crippen LogP) is 2.99. The van der Waals surface area contributed by atoms with E-state index in [0.717, 1.165) is 0 Å². The quantitative estimate of drug-likeness (QED) is 0.802. The molecule has 1 heterocycles. The van der Waals surface area contributed by atoms with Gasteiger partial charge in [-0.15, -0.1) is 0 Å². The van der Waals surface area contributed by atoms with Gasteiger partial charge in [0.25, 0.3) is 0 Å². The van der Waals surface area contributed by atoms with Gasteiger partial charge in [-0.05, 0) is 12.1 Å². The summed E-state index contributed by atoms with van der Waals surface area (Å²) < 4.78 is 15.4. The van der Waals surface area contributed by atoms with Crippen LogP contribution in [0.25, 0.3) is 0 Å². The molecular formula is C12H10Cl2O4. The van der Waals surface area contributed by atoms with Gasteiger partial charge in [0, 0.05) is 5.56 Å². The van der Waals surface area contributed by atoms with E-state index in [1.165, 1.54) is 14.2 Å². The van der Waals surface area contributed by atoms with Crippen molar-refractivity contribution in [2.24, 2.45) is 0 Å². The third-order valence-electron chi connectivity index (χ3n) is 2.55. The Kier molecular flexibility index (Phi) is 3.68. The molecule has 96 valence electrons. The number of hydrogen-bond acceptors (Lipinski definition) is 4. The average molecular weight is 289 g/mol. The molecule has 0 aromatic heterocycles. The van der Waals surface area contributed by atoms with Gasteiger partial charge >= 0.3 is 5.97 Å². The van der Waals surface area contributed by atoms with Crippen LogP contribution in [0.5, 0.6) is 11.5 Å². The predicted molar refractivity (Wildman–Crippen MR) is 67.1 cm³/mol. The van der Waals surface area contributed by atoms with Gasteiger partial charge < -0.3 is 14.2 Å². The molecule has 0 radical (unpaired) electrons. The fourth-order valence-corrected chi connectivity index (χ4v) is 2.04. The molecule has 0 bridgehead atoms. The lowest BCUT2D eigenvalue weighted by atomic mass is 10.1. The summed E-state index contributed by atoms with van der Waals surface area (Å²) in [6.45, 7) is 0. The molecule has 6 heteroatoms. The van der Waals surface area contributed by atoms with Crippen molar-refractivity contribution >= 4 is 29.2 Å². The van der Waals surface area contributed by atoms with Crippen LogP contribution in [0.4, 0.5) is 0 Å². The highest BCUT2D eigenvalue weighted by Crippen LogP contribution is 2.41. The molecule has 1 aromatic rings. The molecule has 0 saturated carbocycles. The number of hydrogen-bond donors (Lipinski definition) is 0. The lowest BCUT2D eigenvalue weighted by Crippen LogP contribution is -2.02. The van der Waals surface area contributed by atoms with Crippen LogP contribution in [0.1, 0.15) is 11.7 Å². The van der Waals surface area contributed by atoms with E-state index >= 15 is 0 Å². The second kappa shape index (κ2) is 5.08. The van der Waals surface area contributed by atoms with Crippen LogP contribution in [0.3, 0.4) is 0 Å². The highest BCUT2D eigenvalue weighted by molar-refractivity contribution is 6.48. The van der Waals surface area contributed by atoms with E-state index in [2.05, 4.69) is 0 Å². The highest BCUT2D eigenvalue weighted by atomic mass is 35.5. The van der Waals surface area contributed by atoms with E-state index in [1.807, 2.05) is 0 Å². The van der Waals surface area contributed by atoms with Crippen LogP contribution < -0.4 is 9.47 Å². The van der Waals surface area contributed by atoms with Crippen molar-refractivity contribution in [3.05, 3.63) is 33.8 Å². The summed E-state index contributed by atoms with van der Waals surface area (Å²) >= 11 is 11.7. The fraction of sp³-hybridized carbons (Fsp3) is 0.250. The number of carbonyl (C=O) groups is 1. The van der Waals surface area contributed by atoms with Gasteiger partial charge in [-0.3, -0.25) is 0 Å². The molecule has 0 N–H and O–H groups in total. The molecule has 2 rings (SSSR count). The molecule has 0 saturated heterocycles. The number of rotatable bonds is 3. The zero-order chi connectivity index (χ0) is 13.3. The first kappa shape index (κ1) is 13.1. The Labute approximate surface area is 114 Å². The van der Waals surface area contributed by atoms with E-state index in [4.69, 9.17) is 37.4 Å². The normalized spacial score (nSPS) is 18.9. The maximum absolute atomic E-state index is 11.3. The summed E-state index contributed by atoms with van der Waals surface area (Å²) in [6, 6.07) is 5.13. The zero-order valence-electron chi connectivity index (χ0n) is 9.70. The van der Waals surface area contributed by atoms with Gasteiger partial charge in [-0.1, -0.05) is 29.3 Å². The third-order valence-corrected chi connectivity index (χ3v) is 3.40. The van der Waals surface area contributed by atoms with Crippen LogP contribution in [0, 0.1) is 0 Å². The van der Waals surface area contributed by atoms with Crippen LogP contribution in [-0.4, -0.2) is 20.2 Å². The van der Waals surface area contributed by atoms with Crippen molar-refractivity contribution < 1.29 is 19.0 Å². The summed E-state index contributed by atoms with van der Waals surface area (Å²) in [4.78, 5) is 11.3. The number of methoxy groups -OCH3 is 2. The third kappa shape index (κ3) is 2.13. The number of esters is 1. The minimum Gasteiger partial charge on any atom is -0.493 e. The molecule has 0 amide bonds. The van der Waals surface area contributed by atoms with Crippen molar-refractivity contribution in [2.45, 2.75) is 6.10 Å². The fourth-order valence-electron chi connectivity index (χ4n) is 1.65. The summed E-state index contributed by atoms with van der Waals surface area (Å²) in [7, 11) is 3.06. The highest BCUT2D eigenvalue weighted by Gasteiger charge is 2.33. The van der Waals surface area contributed by atoms with E-state index in [0.29, 0.717) is 17.1 Å².